The molecule has 10 nitrogen and oxygen atoms in total. The van der Waals surface area contributed by atoms with Crippen molar-refractivity contribution in [3.05, 3.63) is 78.6 Å². The number of hydrogen-bond donors (Lipinski definition) is 3. The molecule has 5 aromatic heterocycles. The number of carbonyl (C=O) groups is 1. The molecule has 0 spiro atoms. The number of sulfone groups is 1. The highest BCUT2D eigenvalue weighted by atomic mass is 32.2. The fourth-order valence-electron chi connectivity index (χ4n) is 5.47. The van der Waals surface area contributed by atoms with Crippen molar-refractivity contribution in [1.29, 1.82) is 0 Å². The van der Waals surface area contributed by atoms with E-state index in [4.69, 9.17) is 4.98 Å². The molecule has 44 heavy (non-hydrogen) atoms. The first-order valence-electron chi connectivity index (χ1n) is 14.3. The Kier molecular flexibility index (Phi) is 6.92. The predicted octanol–water partition coefficient (Wildman–Crippen LogP) is 5.70. The summed E-state index contributed by atoms with van der Waals surface area (Å²) >= 11 is 0. The molecule has 7 rings (SSSR count). The highest BCUT2D eigenvalue weighted by Gasteiger charge is 2.25. The molecule has 1 fully saturated rings. The van der Waals surface area contributed by atoms with E-state index in [1.54, 1.807) is 30.9 Å². The number of fused-ring (bicyclic) bond motifs is 2. The molecule has 0 aliphatic heterocycles. The molecule has 1 amide bonds. The van der Waals surface area contributed by atoms with E-state index in [0.29, 0.717) is 45.0 Å². The number of carbonyl (C=O) groups excluding carboxylic acids is 1. The number of nitrogens with zero attached hydrogens (tertiary/aromatic N) is 4. The van der Waals surface area contributed by atoms with Crippen molar-refractivity contribution in [2.45, 2.75) is 25.7 Å². The summed E-state index contributed by atoms with van der Waals surface area (Å²) in [5, 5.41) is 11.4. The summed E-state index contributed by atoms with van der Waals surface area (Å²) in [5.41, 5.74) is 7.34. The van der Waals surface area contributed by atoms with E-state index in [1.165, 1.54) is 18.4 Å². The van der Waals surface area contributed by atoms with Gasteiger partial charge in [-0.15, -0.1) is 0 Å². The van der Waals surface area contributed by atoms with Crippen molar-refractivity contribution in [2.24, 2.45) is 5.92 Å². The molecule has 1 aliphatic rings. The van der Waals surface area contributed by atoms with Gasteiger partial charge < -0.3 is 10.3 Å². The minimum Gasteiger partial charge on any atom is -0.352 e. The normalized spacial score (nSPS) is 13.8. The fourth-order valence-corrected chi connectivity index (χ4v) is 6.08. The van der Waals surface area contributed by atoms with Gasteiger partial charge in [-0.05, 0) is 66.8 Å². The van der Waals surface area contributed by atoms with Gasteiger partial charge in [0.2, 0.25) is 5.91 Å². The Hall–Kier alpha value is -4.97. The summed E-state index contributed by atoms with van der Waals surface area (Å²) in [7, 11) is -3.19. The van der Waals surface area contributed by atoms with E-state index in [9.17, 15) is 17.6 Å². The molecule has 12 heteroatoms. The Morgan fingerprint density at radius 3 is 2.64 bits per heavy atom. The van der Waals surface area contributed by atoms with Gasteiger partial charge in [-0.25, -0.2) is 17.8 Å². The maximum atomic E-state index is 14.6. The Labute approximate surface area is 252 Å². The van der Waals surface area contributed by atoms with Gasteiger partial charge in [-0.2, -0.15) is 5.10 Å². The molecule has 0 unspecified atom stereocenters. The van der Waals surface area contributed by atoms with Crippen molar-refractivity contribution < 1.29 is 17.6 Å². The summed E-state index contributed by atoms with van der Waals surface area (Å²) in [4.78, 5) is 29.4. The molecule has 0 saturated heterocycles. The molecule has 0 radical (unpaired) electrons. The average Bonchev–Trinajstić information content (AvgIpc) is 3.58. The summed E-state index contributed by atoms with van der Waals surface area (Å²) in [5.74, 6) is -0.429. The first-order chi connectivity index (χ1) is 21.2. The minimum atomic E-state index is -3.19. The first-order valence-corrected chi connectivity index (χ1v) is 16.3. The lowest BCUT2D eigenvalue weighted by molar-refractivity contribution is -0.122. The molecule has 1 aromatic carbocycles. The molecule has 0 bridgehead atoms. The molecule has 3 N–H and O–H groups in total. The van der Waals surface area contributed by atoms with E-state index in [-0.39, 0.29) is 24.0 Å². The van der Waals surface area contributed by atoms with Gasteiger partial charge in [-0.1, -0.05) is 12.5 Å². The van der Waals surface area contributed by atoms with Crippen LogP contribution in [0.3, 0.4) is 0 Å². The van der Waals surface area contributed by atoms with Crippen LogP contribution in [0.4, 0.5) is 10.1 Å². The third-order valence-electron chi connectivity index (χ3n) is 8.02. The molecule has 1 saturated carbocycles. The number of aromatic amines is 2. The van der Waals surface area contributed by atoms with Crippen LogP contribution in [0.15, 0.2) is 67.3 Å². The third kappa shape index (κ3) is 5.55. The number of H-pyrrole nitrogens is 2. The average molecular weight is 610 g/mol. The second-order valence-corrected chi connectivity index (χ2v) is 13.6. The SMILES string of the molecule is CS(=O)(=O)CCc1cc(F)cc(-c2cncc3[nH]c(-c4n[nH]c5ccc(-c6cncc(NC(=O)C7CCC7)c6)nc45)cc23)c1. The van der Waals surface area contributed by atoms with Crippen LogP contribution >= 0.6 is 0 Å². The quantitative estimate of drug-likeness (QED) is 0.201. The maximum absolute atomic E-state index is 14.6. The molecular weight excluding hydrogens is 581 g/mol. The highest BCUT2D eigenvalue weighted by Crippen LogP contribution is 2.35. The summed E-state index contributed by atoms with van der Waals surface area (Å²) in [6, 6.07) is 12.1. The standard InChI is InChI=1S/C32H28FN7O3S/c1-44(42,43)8-7-18-9-20(11-22(33)10-18)25-16-35-17-29-24(25)13-28(37-29)31-30-27(39-40-31)6-5-26(38-30)21-12-23(15-34-14-21)36-32(41)19-3-2-4-19/h5-6,9-17,19,37H,2-4,7-8H2,1H3,(H,36,41)(H,39,40). The zero-order valence-corrected chi connectivity index (χ0v) is 24.6. The van der Waals surface area contributed by atoms with Crippen molar-refractivity contribution in [3.8, 4) is 33.8 Å². The number of nitrogens with one attached hydrogen (secondary N) is 3. The van der Waals surface area contributed by atoms with Crippen LogP contribution in [0, 0.1) is 11.7 Å². The van der Waals surface area contributed by atoms with Gasteiger partial charge in [0.25, 0.3) is 0 Å². The second-order valence-electron chi connectivity index (χ2n) is 11.3. The fraction of sp³-hybridized carbons (Fsp3) is 0.219. The van der Waals surface area contributed by atoms with E-state index >= 15 is 0 Å². The van der Waals surface area contributed by atoms with E-state index in [0.717, 1.165) is 41.2 Å². The van der Waals surface area contributed by atoms with Gasteiger partial charge in [-0.3, -0.25) is 19.9 Å². The van der Waals surface area contributed by atoms with Gasteiger partial charge in [0, 0.05) is 41.1 Å². The molecule has 5 heterocycles. The molecular formula is C32H28FN7O3S. The number of benzene rings is 1. The number of halogens is 1. The zero-order valence-electron chi connectivity index (χ0n) is 23.8. The largest absolute Gasteiger partial charge is 0.352 e. The van der Waals surface area contributed by atoms with Gasteiger partial charge >= 0.3 is 0 Å². The number of amides is 1. The Balaban J connectivity index is 1.23. The smallest absolute Gasteiger partial charge is 0.227 e. The Bertz CT molecular complexity index is 2170. The lowest BCUT2D eigenvalue weighted by Gasteiger charge is -2.24. The molecule has 222 valence electrons. The van der Waals surface area contributed by atoms with E-state index < -0.39 is 15.7 Å². The predicted molar refractivity (Wildman–Crippen MR) is 167 cm³/mol. The molecule has 0 atom stereocenters. The summed E-state index contributed by atoms with van der Waals surface area (Å²) < 4.78 is 38.0. The first kappa shape index (κ1) is 27.8. The van der Waals surface area contributed by atoms with Crippen LogP contribution < -0.4 is 5.32 Å². The van der Waals surface area contributed by atoms with Crippen LogP contribution in [0.25, 0.3) is 55.7 Å². The second kappa shape index (κ2) is 10.9. The van der Waals surface area contributed by atoms with E-state index in [2.05, 4.69) is 30.5 Å². The van der Waals surface area contributed by atoms with Crippen LogP contribution in [-0.2, 0) is 21.1 Å². The van der Waals surface area contributed by atoms with Crippen LogP contribution in [-0.4, -0.2) is 56.5 Å². The van der Waals surface area contributed by atoms with Crippen molar-refractivity contribution >= 4 is 43.4 Å². The number of pyridine rings is 3. The Morgan fingerprint density at radius 2 is 1.84 bits per heavy atom. The summed E-state index contributed by atoms with van der Waals surface area (Å²) in [6.45, 7) is 0. The number of aryl methyl sites for hydroxylation is 1. The maximum Gasteiger partial charge on any atom is 0.227 e. The van der Waals surface area contributed by atoms with E-state index in [1.807, 2.05) is 24.3 Å². The highest BCUT2D eigenvalue weighted by molar-refractivity contribution is 7.90. The molecule has 1 aliphatic carbocycles. The van der Waals surface area contributed by atoms with Crippen molar-refractivity contribution in [3.63, 3.8) is 0 Å². The van der Waals surface area contributed by atoms with Gasteiger partial charge in [0.1, 0.15) is 26.9 Å². The van der Waals surface area contributed by atoms with Crippen LogP contribution in [0.5, 0.6) is 0 Å². The van der Waals surface area contributed by atoms with Crippen molar-refractivity contribution in [2.75, 3.05) is 17.3 Å². The lowest BCUT2D eigenvalue weighted by atomic mass is 9.85. The van der Waals surface area contributed by atoms with Gasteiger partial charge in [0.05, 0.1) is 46.3 Å². The third-order valence-corrected chi connectivity index (χ3v) is 8.96. The van der Waals surface area contributed by atoms with Crippen LogP contribution in [0.1, 0.15) is 24.8 Å². The summed E-state index contributed by atoms with van der Waals surface area (Å²) in [6.07, 6.45) is 11.0. The van der Waals surface area contributed by atoms with Crippen LogP contribution in [0.2, 0.25) is 0 Å². The zero-order chi connectivity index (χ0) is 30.4. The lowest BCUT2D eigenvalue weighted by Crippen LogP contribution is -2.28. The number of hydrogen-bond acceptors (Lipinski definition) is 7. The number of aromatic nitrogens is 6. The van der Waals surface area contributed by atoms with Gasteiger partial charge in [0.15, 0.2) is 0 Å². The van der Waals surface area contributed by atoms with Crippen molar-refractivity contribution in [1.82, 2.24) is 30.1 Å². The number of rotatable bonds is 8. The number of anilines is 1. The molecule has 6 aromatic rings. The minimum absolute atomic E-state index is 0.0202. The monoisotopic (exact) mass is 609 g/mol. The topological polar surface area (TPSA) is 146 Å². The Morgan fingerprint density at radius 1 is 1.00 bits per heavy atom.